The van der Waals surface area contributed by atoms with Crippen molar-refractivity contribution in [3.05, 3.63) is 108 Å². The molecule has 3 atom stereocenters. The van der Waals surface area contributed by atoms with E-state index < -0.39 is 24.2 Å². The van der Waals surface area contributed by atoms with Crippen molar-refractivity contribution in [1.82, 2.24) is 0 Å². The average Bonchev–Trinajstić information content (AvgIpc) is 2.83. The second kappa shape index (κ2) is 12.7. The van der Waals surface area contributed by atoms with Gasteiger partial charge < -0.3 is 25.1 Å². The zero-order valence-electron chi connectivity index (χ0n) is 17.9. The lowest BCUT2D eigenvalue weighted by Gasteiger charge is -2.29. The highest BCUT2D eigenvalue weighted by Crippen LogP contribution is 2.16. The van der Waals surface area contributed by atoms with E-state index in [0.29, 0.717) is 6.61 Å². The van der Waals surface area contributed by atoms with Gasteiger partial charge in [-0.15, -0.1) is 0 Å². The third-order valence-electron chi connectivity index (χ3n) is 4.92. The molecule has 0 radical (unpaired) electrons. The van der Waals surface area contributed by atoms with Gasteiger partial charge in [-0.3, -0.25) is 4.79 Å². The molecule has 3 N–H and O–H groups in total. The first kappa shape index (κ1) is 23.6. The number of nitrogens with two attached hydrogens (primary N) is 1. The Morgan fingerprint density at radius 2 is 1.16 bits per heavy atom. The largest absolute Gasteiger partial charge is 0.388 e. The van der Waals surface area contributed by atoms with E-state index in [2.05, 4.69) is 0 Å². The monoisotopic (exact) mass is 435 g/mol. The first-order valence-electron chi connectivity index (χ1n) is 10.5. The summed E-state index contributed by atoms with van der Waals surface area (Å²) in [5.74, 6) is -0.707. The molecule has 6 nitrogen and oxygen atoms in total. The second-order valence-corrected chi connectivity index (χ2v) is 7.45. The van der Waals surface area contributed by atoms with Crippen LogP contribution in [0.4, 0.5) is 0 Å². The van der Waals surface area contributed by atoms with Crippen LogP contribution in [0.2, 0.25) is 0 Å². The molecule has 3 aromatic carbocycles. The van der Waals surface area contributed by atoms with Crippen LogP contribution in [0, 0.1) is 0 Å². The van der Waals surface area contributed by atoms with Gasteiger partial charge in [-0.25, -0.2) is 0 Å². The van der Waals surface area contributed by atoms with Gasteiger partial charge in [-0.2, -0.15) is 0 Å². The Labute approximate surface area is 188 Å². The Morgan fingerprint density at radius 1 is 0.719 bits per heavy atom. The van der Waals surface area contributed by atoms with Crippen LogP contribution >= 0.6 is 0 Å². The number of ether oxygens (including phenoxy) is 3. The van der Waals surface area contributed by atoms with Crippen LogP contribution in [0.1, 0.15) is 16.7 Å². The number of aliphatic hydroxyl groups excluding tert-OH is 1. The quantitative estimate of drug-likeness (QED) is 0.430. The van der Waals surface area contributed by atoms with Gasteiger partial charge in [0.25, 0.3) is 0 Å². The number of hydrogen-bond acceptors (Lipinski definition) is 5. The van der Waals surface area contributed by atoms with Crippen LogP contribution in [-0.4, -0.2) is 35.9 Å². The number of aliphatic hydroxyl groups is 1. The van der Waals surface area contributed by atoms with Gasteiger partial charge in [0.15, 0.2) is 6.10 Å². The van der Waals surface area contributed by atoms with Crippen LogP contribution in [-0.2, 0) is 38.8 Å². The molecule has 0 fully saturated rings. The molecule has 3 rings (SSSR count). The molecule has 0 aliphatic carbocycles. The summed E-state index contributed by atoms with van der Waals surface area (Å²) < 4.78 is 17.4. The Balaban J connectivity index is 1.66. The van der Waals surface area contributed by atoms with E-state index in [1.165, 1.54) is 0 Å². The molecule has 6 heteroatoms. The topological polar surface area (TPSA) is 91.0 Å². The van der Waals surface area contributed by atoms with Crippen LogP contribution < -0.4 is 5.73 Å². The fourth-order valence-corrected chi connectivity index (χ4v) is 3.23. The summed E-state index contributed by atoms with van der Waals surface area (Å²) in [6.45, 7) is 0.652. The molecule has 1 amide bonds. The maximum atomic E-state index is 12.2. The maximum absolute atomic E-state index is 12.2. The highest BCUT2D eigenvalue weighted by atomic mass is 16.6. The Hall–Kier alpha value is -3.03. The Kier molecular flexibility index (Phi) is 9.40. The zero-order valence-corrected chi connectivity index (χ0v) is 17.9. The molecule has 0 saturated heterocycles. The van der Waals surface area contributed by atoms with Gasteiger partial charge in [-0.1, -0.05) is 91.0 Å². The van der Waals surface area contributed by atoms with Crippen molar-refractivity contribution in [2.24, 2.45) is 5.73 Å². The van der Waals surface area contributed by atoms with Crippen molar-refractivity contribution in [2.75, 3.05) is 6.61 Å². The van der Waals surface area contributed by atoms with E-state index in [1.807, 2.05) is 91.0 Å². The smallest absolute Gasteiger partial charge is 0.249 e. The minimum atomic E-state index is -1.14. The molecule has 0 aliphatic rings. The third kappa shape index (κ3) is 7.59. The van der Waals surface area contributed by atoms with Crippen molar-refractivity contribution in [2.45, 2.75) is 38.1 Å². The van der Waals surface area contributed by atoms with Crippen molar-refractivity contribution in [1.29, 1.82) is 0 Å². The van der Waals surface area contributed by atoms with E-state index in [-0.39, 0.29) is 19.8 Å². The van der Waals surface area contributed by atoms with Crippen molar-refractivity contribution >= 4 is 5.91 Å². The van der Waals surface area contributed by atoms with E-state index in [9.17, 15) is 9.90 Å². The molecule has 0 bridgehead atoms. The Morgan fingerprint density at radius 3 is 1.62 bits per heavy atom. The molecule has 168 valence electrons. The second-order valence-electron chi connectivity index (χ2n) is 7.45. The molecular formula is C26H29NO5. The summed E-state index contributed by atoms with van der Waals surface area (Å²) in [4.78, 5) is 12.2. The fraction of sp³-hybridized carbons (Fsp3) is 0.269. The van der Waals surface area contributed by atoms with Gasteiger partial charge >= 0.3 is 0 Å². The van der Waals surface area contributed by atoms with Crippen LogP contribution in [0.15, 0.2) is 91.0 Å². The standard InChI is InChI=1S/C26H29NO5/c27-26(29)25(32-18-22-14-8-3-9-15-22)24(31-17-21-12-6-2-7-13-21)23(28)19-30-16-20-10-4-1-5-11-20/h1-15,23-25,28H,16-19H2,(H2,27,29)/t23-,24+,25-/m0/s1. The van der Waals surface area contributed by atoms with Crippen molar-refractivity contribution in [3.8, 4) is 0 Å². The zero-order chi connectivity index (χ0) is 22.6. The summed E-state index contributed by atoms with van der Waals surface area (Å²) in [6.07, 6.45) is -3.25. The van der Waals surface area contributed by atoms with Gasteiger partial charge in [0.2, 0.25) is 5.91 Å². The van der Waals surface area contributed by atoms with Gasteiger partial charge in [0, 0.05) is 0 Å². The third-order valence-corrected chi connectivity index (χ3v) is 4.92. The predicted molar refractivity (Wildman–Crippen MR) is 121 cm³/mol. The highest BCUT2D eigenvalue weighted by molar-refractivity contribution is 5.79. The van der Waals surface area contributed by atoms with Crippen LogP contribution in [0.5, 0.6) is 0 Å². The normalized spacial score (nSPS) is 13.9. The molecule has 32 heavy (non-hydrogen) atoms. The minimum Gasteiger partial charge on any atom is -0.388 e. The lowest BCUT2D eigenvalue weighted by Crippen LogP contribution is -2.49. The van der Waals surface area contributed by atoms with E-state index >= 15 is 0 Å². The number of hydrogen-bond donors (Lipinski definition) is 2. The number of amides is 1. The molecule has 0 aliphatic heterocycles. The number of primary amides is 1. The fourth-order valence-electron chi connectivity index (χ4n) is 3.23. The summed E-state index contributed by atoms with van der Waals surface area (Å²) in [6, 6.07) is 28.6. The average molecular weight is 436 g/mol. The van der Waals surface area contributed by atoms with Crippen molar-refractivity contribution in [3.63, 3.8) is 0 Å². The minimum absolute atomic E-state index is 0.0349. The highest BCUT2D eigenvalue weighted by Gasteiger charge is 2.34. The van der Waals surface area contributed by atoms with Crippen molar-refractivity contribution < 1.29 is 24.1 Å². The van der Waals surface area contributed by atoms with Gasteiger partial charge in [0.1, 0.15) is 12.2 Å². The lowest BCUT2D eigenvalue weighted by molar-refractivity contribution is -0.164. The molecule has 0 aromatic heterocycles. The first-order valence-corrected chi connectivity index (χ1v) is 10.5. The summed E-state index contributed by atoms with van der Waals surface area (Å²) in [5.41, 5.74) is 8.40. The Bertz CT molecular complexity index is 921. The molecule has 0 saturated carbocycles. The van der Waals surface area contributed by atoms with E-state index in [1.54, 1.807) is 0 Å². The summed E-state index contributed by atoms with van der Waals surface area (Å²) >= 11 is 0. The predicted octanol–water partition coefficient (Wildman–Crippen LogP) is 3.22. The van der Waals surface area contributed by atoms with Crippen LogP contribution in [0.25, 0.3) is 0 Å². The van der Waals surface area contributed by atoms with Crippen LogP contribution in [0.3, 0.4) is 0 Å². The SMILES string of the molecule is NC(=O)[C@@H](OCc1ccccc1)[C@H](OCc1ccccc1)[C@@H](O)COCc1ccccc1. The van der Waals surface area contributed by atoms with Gasteiger partial charge in [0.05, 0.1) is 26.4 Å². The molecule has 0 unspecified atom stereocenters. The van der Waals surface area contributed by atoms with Gasteiger partial charge in [-0.05, 0) is 16.7 Å². The first-order chi connectivity index (χ1) is 15.6. The number of rotatable bonds is 13. The van der Waals surface area contributed by atoms with E-state index in [4.69, 9.17) is 19.9 Å². The summed E-state index contributed by atoms with van der Waals surface area (Å²) in [5, 5.41) is 10.8. The van der Waals surface area contributed by atoms with E-state index in [0.717, 1.165) is 16.7 Å². The molecule has 0 spiro atoms. The number of benzene rings is 3. The lowest BCUT2D eigenvalue weighted by atomic mass is 10.1. The number of carbonyl (C=O) groups is 1. The number of carbonyl (C=O) groups excluding carboxylic acids is 1. The molecular weight excluding hydrogens is 406 g/mol. The molecule has 3 aromatic rings. The maximum Gasteiger partial charge on any atom is 0.249 e. The molecule has 0 heterocycles. The summed E-state index contributed by atoms with van der Waals surface area (Å²) in [7, 11) is 0.